The highest BCUT2D eigenvalue weighted by Crippen LogP contribution is 2.27. The summed E-state index contributed by atoms with van der Waals surface area (Å²) in [5, 5.41) is 4.06. The van der Waals surface area contributed by atoms with Gasteiger partial charge in [-0.2, -0.15) is 0 Å². The van der Waals surface area contributed by atoms with E-state index in [-0.39, 0.29) is 6.10 Å². The Labute approximate surface area is 102 Å². The highest BCUT2D eigenvalue weighted by molar-refractivity contribution is 6.32. The van der Waals surface area contributed by atoms with Crippen LogP contribution < -0.4 is 10.1 Å². The lowest BCUT2D eigenvalue weighted by Gasteiger charge is -2.24. The third-order valence-corrected chi connectivity index (χ3v) is 3.25. The van der Waals surface area contributed by atoms with Gasteiger partial charge in [-0.15, -0.1) is 0 Å². The molecule has 0 aromatic heterocycles. The van der Waals surface area contributed by atoms with E-state index in [2.05, 4.69) is 18.3 Å². The SMILES string of the molecule is CCc1ccc(O[C@@H]2CCCNC2)c(Cl)c1. The number of benzene rings is 1. The van der Waals surface area contributed by atoms with Crippen LogP contribution >= 0.6 is 11.6 Å². The van der Waals surface area contributed by atoms with Gasteiger partial charge in [0.2, 0.25) is 0 Å². The van der Waals surface area contributed by atoms with Gasteiger partial charge in [-0.3, -0.25) is 0 Å². The molecule has 16 heavy (non-hydrogen) atoms. The van der Waals surface area contributed by atoms with Gasteiger partial charge in [0, 0.05) is 6.54 Å². The molecule has 2 nitrogen and oxygen atoms in total. The van der Waals surface area contributed by atoms with Crippen LogP contribution in [-0.4, -0.2) is 19.2 Å². The maximum Gasteiger partial charge on any atom is 0.138 e. The Hall–Kier alpha value is -0.730. The molecule has 1 aliphatic rings. The fourth-order valence-electron chi connectivity index (χ4n) is 1.96. The third-order valence-electron chi connectivity index (χ3n) is 2.95. The van der Waals surface area contributed by atoms with Crippen LogP contribution in [0, 0.1) is 0 Å². The first-order chi connectivity index (χ1) is 7.79. The highest BCUT2D eigenvalue weighted by Gasteiger charge is 2.15. The molecule has 0 spiro atoms. The predicted octanol–water partition coefficient (Wildman–Crippen LogP) is 3.03. The summed E-state index contributed by atoms with van der Waals surface area (Å²) in [5.74, 6) is 0.813. The summed E-state index contributed by atoms with van der Waals surface area (Å²) in [7, 11) is 0. The Morgan fingerprint density at radius 1 is 1.50 bits per heavy atom. The molecule has 1 fully saturated rings. The molecule has 0 bridgehead atoms. The van der Waals surface area contributed by atoms with E-state index in [1.807, 2.05) is 12.1 Å². The number of halogens is 1. The second kappa shape index (κ2) is 5.55. The van der Waals surface area contributed by atoms with Gasteiger partial charge >= 0.3 is 0 Å². The minimum atomic E-state index is 0.263. The average molecular weight is 240 g/mol. The summed E-state index contributed by atoms with van der Waals surface area (Å²) in [4.78, 5) is 0. The van der Waals surface area contributed by atoms with Crippen molar-refractivity contribution in [3.63, 3.8) is 0 Å². The molecule has 0 radical (unpaired) electrons. The van der Waals surface area contributed by atoms with Crippen LogP contribution in [0.3, 0.4) is 0 Å². The Morgan fingerprint density at radius 3 is 3.00 bits per heavy atom. The van der Waals surface area contributed by atoms with E-state index in [4.69, 9.17) is 16.3 Å². The summed E-state index contributed by atoms with van der Waals surface area (Å²) in [6, 6.07) is 6.06. The van der Waals surface area contributed by atoms with Crippen LogP contribution in [0.5, 0.6) is 5.75 Å². The van der Waals surface area contributed by atoms with Gasteiger partial charge in [0.1, 0.15) is 11.9 Å². The normalized spacial score (nSPS) is 20.8. The van der Waals surface area contributed by atoms with E-state index >= 15 is 0 Å². The van der Waals surface area contributed by atoms with Crippen molar-refractivity contribution in [2.75, 3.05) is 13.1 Å². The lowest BCUT2D eigenvalue weighted by Crippen LogP contribution is -2.37. The van der Waals surface area contributed by atoms with Gasteiger partial charge in [-0.05, 0) is 43.5 Å². The molecular weight excluding hydrogens is 222 g/mol. The molecule has 1 aromatic rings. The van der Waals surface area contributed by atoms with E-state index in [9.17, 15) is 0 Å². The highest BCUT2D eigenvalue weighted by atomic mass is 35.5. The predicted molar refractivity (Wildman–Crippen MR) is 67.3 cm³/mol. The quantitative estimate of drug-likeness (QED) is 0.876. The van der Waals surface area contributed by atoms with E-state index in [1.54, 1.807) is 0 Å². The van der Waals surface area contributed by atoms with Crippen LogP contribution in [0.15, 0.2) is 18.2 Å². The number of piperidine rings is 1. The smallest absolute Gasteiger partial charge is 0.138 e. The zero-order valence-electron chi connectivity index (χ0n) is 9.63. The van der Waals surface area contributed by atoms with Crippen LogP contribution in [0.2, 0.25) is 5.02 Å². The molecule has 0 unspecified atom stereocenters. The number of hydrogen-bond donors (Lipinski definition) is 1. The van der Waals surface area contributed by atoms with Crippen molar-refractivity contribution >= 4 is 11.6 Å². The van der Waals surface area contributed by atoms with Gasteiger partial charge in [-0.25, -0.2) is 0 Å². The van der Waals surface area contributed by atoms with Crippen molar-refractivity contribution in [3.8, 4) is 5.75 Å². The third kappa shape index (κ3) is 2.89. The summed E-state index contributed by atoms with van der Waals surface area (Å²) in [5.41, 5.74) is 1.25. The van der Waals surface area contributed by atoms with E-state index in [1.165, 1.54) is 12.0 Å². The Bertz CT molecular complexity index is 348. The molecule has 1 aliphatic heterocycles. The van der Waals surface area contributed by atoms with Gasteiger partial charge in [0.15, 0.2) is 0 Å². The molecular formula is C13H18ClNO. The summed E-state index contributed by atoms with van der Waals surface area (Å²) < 4.78 is 5.89. The Balaban J connectivity index is 2.03. The summed E-state index contributed by atoms with van der Waals surface area (Å²) in [6.07, 6.45) is 3.55. The van der Waals surface area contributed by atoms with Crippen LogP contribution in [0.25, 0.3) is 0 Å². The monoisotopic (exact) mass is 239 g/mol. The fraction of sp³-hybridized carbons (Fsp3) is 0.538. The lowest BCUT2D eigenvalue weighted by atomic mass is 10.1. The van der Waals surface area contributed by atoms with Gasteiger partial charge in [-0.1, -0.05) is 24.6 Å². The molecule has 1 atom stereocenters. The van der Waals surface area contributed by atoms with E-state index in [0.29, 0.717) is 0 Å². The van der Waals surface area contributed by atoms with Crippen molar-refractivity contribution in [3.05, 3.63) is 28.8 Å². The van der Waals surface area contributed by atoms with Crippen molar-refractivity contribution in [1.82, 2.24) is 5.32 Å². The molecule has 1 heterocycles. The van der Waals surface area contributed by atoms with Gasteiger partial charge in [0.25, 0.3) is 0 Å². The molecule has 88 valence electrons. The van der Waals surface area contributed by atoms with Gasteiger partial charge in [0.05, 0.1) is 5.02 Å². The van der Waals surface area contributed by atoms with Crippen molar-refractivity contribution < 1.29 is 4.74 Å². The molecule has 1 N–H and O–H groups in total. The zero-order chi connectivity index (χ0) is 11.4. The van der Waals surface area contributed by atoms with Crippen molar-refractivity contribution in [1.29, 1.82) is 0 Å². The second-order valence-electron chi connectivity index (χ2n) is 4.20. The van der Waals surface area contributed by atoms with Crippen LogP contribution in [0.4, 0.5) is 0 Å². The number of ether oxygens (including phenoxy) is 1. The molecule has 1 saturated heterocycles. The largest absolute Gasteiger partial charge is 0.488 e. The van der Waals surface area contributed by atoms with Crippen LogP contribution in [0.1, 0.15) is 25.3 Å². The summed E-state index contributed by atoms with van der Waals surface area (Å²) in [6.45, 7) is 4.14. The maximum absolute atomic E-state index is 6.18. The van der Waals surface area contributed by atoms with Crippen molar-refractivity contribution in [2.45, 2.75) is 32.3 Å². The van der Waals surface area contributed by atoms with Crippen LogP contribution in [-0.2, 0) is 6.42 Å². The maximum atomic E-state index is 6.18. The topological polar surface area (TPSA) is 21.3 Å². The number of hydrogen-bond acceptors (Lipinski definition) is 2. The minimum absolute atomic E-state index is 0.263. The Morgan fingerprint density at radius 2 is 2.38 bits per heavy atom. The van der Waals surface area contributed by atoms with E-state index < -0.39 is 0 Å². The molecule has 3 heteroatoms. The number of nitrogens with one attached hydrogen (secondary N) is 1. The summed E-state index contributed by atoms with van der Waals surface area (Å²) >= 11 is 6.18. The minimum Gasteiger partial charge on any atom is -0.488 e. The molecule has 0 saturated carbocycles. The second-order valence-corrected chi connectivity index (χ2v) is 4.61. The fourth-order valence-corrected chi connectivity index (χ4v) is 2.21. The molecule has 0 amide bonds. The average Bonchev–Trinajstić information content (AvgIpc) is 2.33. The zero-order valence-corrected chi connectivity index (χ0v) is 10.4. The molecule has 1 aromatic carbocycles. The molecule has 2 rings (SSSR count). The number of aryl methyl sites for hydroxylation is 1. The van der Waals surface area contributed by atoms with Gasteiger partial charge < -0.3 is 10.1 Å². The van der Waals surface area contributed by atoms with Crippen molar-refractivity contribution in [2.24, 2.45) is 0 Å². The first kappa shape index (κ1) is 11.7. The Kier molecular flexibility index (Phi) is 4.08. The number of rotatable bonds is 3. The van der Waals surface area contributed by atoms with E-state index in [0.717, 1.165) is 36.7 Å². The standard InChI is InChI=1S/C13H18ClNO/c1-2-10-5-6-13(12(14)8-10)16-11-4-3-7-15-9-11/h5-6,8,11,15H,2-4,7,9H2,1H3/t11-/m1/s1. The first-order valence-electron chi connectivity index (χ1n) is 5.95. The molecule has 0 aliphatic carbocycles. The lowest BCUT2D eigenvalue weighted by molar-refractivity contribution is 0.167. The first-order valence-corrected chi connectivity index (χ1v) is 6.33.